The van der Waals surface area contributed by atoms with Crippen LogP contribution in [0.5, 0.6) is 0 Å². The summed E-state index contributed by atoms with van der Waals surface area (Å²) in [4.78, 5) is 24.1. The normalized spacial score (nSPS) is 10.5. The lowest BCUT2D eigenvalue weighted by molar-refractivity contribution is 0.0946. The van der Waals surface area contributed by atoms with Gasteiger partial charge in [0.25, 0.3) is 5.91 Å². The summed E-state index contributed by atoms with van der Waals surface area (Å²) in [7, 11) is 0. The number of oxazole rings is 1. The average molecular weight is 309 g/mol. The van der Waals surface area contributed by atoms with Crippen molar-refractivity contribution in [2.75, 3.05) is 5.73 Å². The smallest absolute Gasteiger partial charge is 0.274 e. The van der Waals surface area contributed by atoms with Crippen LogP contribution in [0, 0.1) is 6.92 Å². The number of rotatable bonds is 4. The van der Waals surface area contributed by atoms with E-state index in [1.807, 2.05) is 31.2 Å². The number of hydrogen-bond donors (Lipinski definition) is 2. The van der Waals surface area contributed by atoms with Crippen LogP contribution < -0.4 is 11.1 Å². The first-order valence-corrected chi connectivity index (χ1v) is 6.99. The van der Waals surface area contributed by atoms with Crippen LogP contribution in [0.1, 0.15) is 21.7 Å². The van der Waals surface area contributed by atoms with Gasteiger partial charge in [0, 0.05) is 18.0 Å². The topological polar surface area (TPSA) is 107 Å². The number of anilines is 1. The minimum Gasteiger partial charge on any atom is -0.444 e. The zero-order valence-electron chi connectivity index (χ0n) is 12.5. The summed E-state index contributed by atoms with van der Waals surface area (Å²) < 4.78 is 5.44. The number of benzene rings is 1. The van der Waals surface area contributed by atoms with Crippen molar-refractivity contribution in [3.8, 4) is 11.5 Å². The van der Waals surface area contributed by atoms with Crippen LogP contribution in [0.3, 0.4) is 0 Å². The van der Waals surface area contributed by atoms with Crippen LogP contribution in [-0.4, -0.2) is 20.9 Å². The summed E-state index contributed by atoms with van der Waals surface area (Å²) in [5.74, 6) is 0.189. The van der Waals surface area contributed by atoms with Crippen LogP contribution in [0.2, 0.25) is 0 Å². The Balaban J connectivity index is 1.67. The van der Waals surface area contributed by atoms with Gasteiger partial charge in [-0.1, -0.05) is 17.7 Å². The van der Waals surface area contributed by atoms with E-state index in [4.69, 9.17) is 10.2 Å². The lowest BCUT2D eigenvalue weighted by Crippen LogP contribution is -2.25. The van der Waals surface area contributed by atoms with Gasteiger partial charge in [-0.15, -0.1) is 0 Å². The van der Waals surface area contributed by atoms with Crippen molar-refractivity contribution in [1.29, 1.82) is 0 Å². The second-order valence-corrected chi connectivity index (χ2v) is 4.98. The third-order valence-electron chi connectivity index (χ3n) is 3.22. The van der Waals surface area contributed by atoms with Gasteiger partial charge < -0.3 is 15.5 Å². The van der Waals surface area contributed by atoms with E-state index in [1.54, 1.807) is 0 Å². The molecule has 1 amide bonds. The molecule has 3 N–H and O–H groups in total. The Hall–Kier alpha value is -3.22. The Kier molecular flexibility index (Phi) is 4.01. The van der Waals surface area contributed by atoms with Crippen LogP contribution in [0.15, 0.2) is 47.3 Å². The monoisotopic (exact) mass is 309 g/mol. The highest BCUT2D eigenvalue weighted by atomic mass is 16.3. The average Bonchev–Trinajstić information content (AvgIpc) is 3.03. The minimum atomic E-state index is -0.407. The van der Waals surface area contributed by atoms with Crippen molar-refractivity contribution in [2.24, 2.45) is 0 Å². The second kappa shape index (κ2) is 6.27. The van der Waals surface area contributed by atoms with E-state index in [0.29, 0.717) is 11.6 Å². The number of aromatic nitrogens is 3. The van der Waals surface area contributed by atoms with E-state index in [-0.39, 0.29) is 18.1 Å². The fourth-order valence-electron chi connectivity index (χ4n) is 2.00. The van der Waals surface area contributed by atoms with E-state index in [9.17, 15) is 4.79 Å². The summed E-state index contributed by atoms with van der Waals surface area (Å²) >= 11 is 0. The maximum atomic E-state index is 12.0. The minimum absolute atomic E-state index is 0.0884. The van der Waals surface area contributed by atoms with E-state index in [0.717, 1.165) is 11.1 Å². The summed E-state index contributed by atoms with van der Waals surface area (Å²) in [6.07, 6.45) is 4.35. The first-order valence-electron chi connectivity index (χ1n) is 6.99. The molecule has 0 fully saturated rings. The molecule has 3 rings (SSSR count). The van der Waals surface area contributed by atoms with Gasteiger partial charge in [0.2, 0.25) is 5.89 Å². The molecule has 2 heterocycles. The van der Waals surface area contributed by atoms with Crippen molar-refractivity contribution in [2.45, 2.75) is 13.5 Å². The number of hydrogen-bond acceptors (Lipinski definition) is 6. The number of amides is 1. The Bertz CT molecular complexity index is 826. The first kappa shape index (κ1) is 14.7. The zero-order valence-corrected chi connectivity index (χ0v) is 12.5. The van der Waals surface area contributed by atoms with Gasteiger partial charge in [0.05, 0.1) is 12.2 Å². The fourth-order valence-corrected chi connectivity index (χ4v) is 2.00. The molecule has 7 heteroatoms. The van der Waals surface area contributed by atoms with Gasteiger partial charge in [0.1, 0.15) is 6.26 Å². The highest BCUT2D eigenvalue weighted by molar-refractivity contribution is 5.96. The Morgan fingerprint density at radius 3 is 2.70 bits per heavy atom. The quantitative estimate of drug-likeness (QED) is 0.763. The van der Waals surface area contributed by atoms with E-state index in [1.165, 1.54) is 18.7 Å². The van der Waals surface area contributed by atoms with Crippen LogP contribution in [-0.2, 0) is 6.54 Å². The van der Waals surface area contributed by atoms with Gasteiger partial charge >= 0.3 is 0 Å². The number of carbonyl (C=O) groups excluding carboxylic acids is 1. The van der Waals surface area contributed by atoms with E-state index >= 15 is 0 Å². The van der Waals surface area contributed by atoms with Crippen molar-refractivity contribution in [1.82, 2.24) is 20.3 Å². The molecule has 3 aromatic rings. The summed E-state index contributed by atoms with van der Waals surface area (Å²) in [5, 5.41) is 2.69. The number of nitrogens with two attached hydrogens (primary N) is 1. The summed E-state index contributed by atoms with van der Waals surface area (Å²) in [5.41, 5.74) is 8.36. The van der Waals surface area contributed by atoms with Gasteiger partial charge in [-0.05, 0) is 19.1 Å². The van der Waals surface area contributed by atoms with E-state index < -0.39 is 5.91 Å². The number of nitrogen functional groups attached to an aromatic ring is 1. The van der Waals surface area contributed by atoms with E-state index in [2.05, 4.69) is 20.3 Å². The van der Waals surface area contributed by atoms with Crippen LogP contribution >= 0.6 is 0 Å². The molecular formula is C16H15N5O2. The second-order valence-electron chi connectivity index (χ2n) is 4.98. The molecule has 116 valence electrons. The molecule has 0 saturated carbocycles. The molecule has 23 heavy (non-hydrogen) atoms. The maximum absolute atomic E-state index is 12.0. The Morgan fingerprint density at radius 1 is 1.22 bits per heavy atom. The predicted octanol–water partition coefficient (Wildman–Crippen LogP) is 1.95. The van der Waals surface area contributed by atoms with Crippen molar-refractivity contribution < 1.29 is 9.21 Å². The van der Waals surface area contributed by atoms with Crippen LogP contribution in [0.4, 0.5) is 5.82 Å². The highest BCUT2D eigenvalue weighted by Crippen LogP contribution is 2.19. The van der Waals surface area contributed by atoms with Gasteiger partial charge in [-0.2, -0.15) is 0 Å². The molecule has 0 atom stereocenters. The SMILES string of the molecule is Cc1ccc(-c2nc(CNC(=O)c3nccnc3N)co2)cc1. The number of carbonyl (C=O) groups is 1. The highest BCUT2D eigenvalue weighted by Gasteiger charge is 2.13. The number of aryl methyl sites for hydroxylation is 1. The third kappa shape index (κ3) is 3.34. The molecule has 0 saturated heterocycles. The maximum Gasteiger partial charge on any atom is 0.274 e. The summed E-state index contributed by atoms with van der Waals surface area (Å²) in [6.45, 7) is 2.22. The standard InChI is InChI=1S/C16H15N5O2/c1-10-2-4-11(5-3-10)16-21-12(9-23-16)8-20-15(22)13-14(17)19-7-6-18-13/h2-7,9H,8H2,1H3,(H2,17,19)(H,20,22). The molecule has 0 spiro atoms. The molecule has 0 aliphatic heterocycles. The van der Waals surface area contributed by atoms with Gasteiger partial charge in [0.15, 0.2) is 11.5 Å². The summed E-state index contributed by atoms with van der Waals surface area (Å²) in [6, 6.07) is 7.84. The molecule has 0 aliphatic rings. The van der Waals surface area contributed by atoms with Gasteiger partial charge in [-0.25, -0.2) is 15.0 Å². The van der Waals surface area contributed by atoms with Crippen molar-refractivity contribution in [3.63, 3.8) is 0 Å². The molecular weight excluding hydrogens is 294 g/mol. The molecule has 0 radical (unpaired) electrons. The zero-order chi connectivity index (χ0) is 16.2. The first-order chi connectivity index (χ1) is 11.1. The molecule has 0 bridgehead atoms. The number of nitrogens with zero attached hydrogens (tertiary/aromatic N) is 3. The van der Waals surface area contributed by atoms with Crippen LogP contribution in [0.25, 0.3) is 11.5 Å². The molecule has 0 aliphatic carbocycles. The Labute approximate surface area is 132 Å². The lowest BCUT2D eigenvalue weighted by Gasteiger charge is -2.03. The predicted molar refractivity (Wildman–Crippen MR) is 84.3 cm³/mol. The molecule has 7 nitrogen and oxygen atoms in total. The van der Waals surface area contributed by atoms with Gasteiger partial charge in [-0.3, -0.25) is 4.79 Å². The number of nitrogens with one attached hydrogen (secondary N) is 1. The van der Waals surface area contributed by atoms with Crippen molar-refractivity contribution in [3.05, 3.63) is 59.9 Å². The largest absolute Gasteiger partial charge is 0.444 e. The lowest BCUT2D eigenvalue weighted by atomic mass is 10.1. The third-order valence-corrected chi connectivity index (χ3v) is 3.22. The fraction of sp³-hybridized carbons (Fsp3) is 0.125. The molecule has 0 unspecified atom stereocenters. The van der Waals surface area contributed by atoms with Crippen molar-refractivity contribution >= 4 is 11.7 Å². The Morgan fingerprint density at radius 2 is 1.96 bits per heavy atom. The molecule has 1 aromatic carbocycles. The molecule has 2 aromatic heterocycles.